The number of rotatable bonds is 0. The Kier molecular flexibility index (Phi) is 1.64. The number of nitrogens with zero attached hydrogens (tertiary/aromatic N) is 2. The van der Waals surface area contributed by atoms with Gasteiger partial charge in [-0.1, -0.05) is 24.3 Å². The number of aromatic nitrogens is 2. The van der Waals surface area contributed by atoms with Crippen LogP contribution in [-0.2, 0) is 6.54 Å². The molecule has 0 atom stereocenters. The predicted octanol–water partition coefficient (Wildman–Crippen LogP) is 2.70. The smallest absolute Gasteiger partial charge is 0.324 e. The third-order valence-electron chi connectivity index (χ3n) is 5.21. The largest absolute Gasteiger partial charge is 0.533 e. The maximum atomic E-state index is 6.47. The van der Waals surface area contributed by atoms with Crippen LogP contribution in [-0.4, -0.2) is 12.7 Å². The minimum Gasteiger partial charge on any atom is -0.533 e. The van der Waals surface area contributed by atoms with E-state index in [1.54, 1.807) is 0 Å². The molecule has 22 heavy (non-hydrogen) atoms. The third-order valence-corrected chi connectivity index (χ3v) is 7.53. The van der Waals surface area contributed by atoms with Gasteiger partial charge in [0.05, 0.1) is 5.39 Å². The van der Waals surface area contributed by atoms with Crippen molar-refractivity contribution in [3.05, 3.63) is 48.2 Å². The van der Waals surface area contributed by atoms with Crippen LogP contribution < -0.4 is 14.3 Å². The van der Waals surface area contributed by atoms with Crippen molar-refractivity contribution in [2.75, 3.05) is 0 Å². The molecule has 0 unspecified atom stereocenters. The Labute approximate surface area is 128 Å². The summed E-state index contributed by atoms with van der Waals surface area (Å²) in [4.78, 5) is 0. The van der Waals surface area contributed by atoms with Gasteiger partial charge < -0.3 is 4.43 Å². The van der Waals surface area contributed by atoms with Crippen LogP contribution in [0.5, 0.6) is 5.75 Å². The van der Waals surface area contributed by atoms with Gasteiger partial charge in [-0.3, -0.25) is 0 Å². The second kappa shape index (κ2) is 3.20. The van der Waals surface area contributed by atoms with Crippen molar-refractivity contribution in [1.82, 2.24) is 4.40 Å². The van der Waals surface area contributed by atoms with Crippen molar-refractivity contribution in [2.24, 2.45) is 0 Å². The molecule has 0 amide bonds. The lowest BCUT2D eigenvalue weighted by Crippen LogP contribution is -2.52. The molecule has 0 saturated heterocycles. The van der Waals surface area contributed by atoms with Crippen LogP contribution in [0.1, 0.15) is 5.56 Å². The Bertz CT molecular complexity index is 1160. The summed E-state index contributed by atoms with van der Waals surface area (Å²) < 4.78 is 11.4. The van der Waals surface area contributed by atoms with E-state index in [2.05, 4.69) is 64.7 Å². The summed E-state index contributed by atoms with van der Waals surface area (Å²) in [7, 11) is -1.91. The molecule has 106 valence electrons. The number of benzene rings is 2. The number of imidazole rings is 1. The van der Waals surface area contributed by atoms with Gasteiger partial charge in [0.15, 0.2) is 16.6 Å². The molecule has 6 rings (SSSR count). The molecule has 4 aromatic rings. The lowest BCUT2D eigenvalue weighted by Gasteiger charge is -2.26. The van der Waals surface area contributed by atoms with Gasteiger partial charge in [-0.25, -0.2) is 4.57 Å². The summed E-state index contributed by atoms with van der Waals surface area (Å²) in [5.41, 5.74) is 4.03. The Hall–Kier alpha value is -2.33. The second-order valence-corrected chi connectivity index (χ2v) is 10.6. The van der Waals surface area contributed by atoms with Crippen LogP contribution in [0.2, 0.25) is 13.1 Å². The van der Waals surface area contributed by atoms with Gasteiger partial charge in [-0.15, -0.1) is 0 Å². The van der Waals surface area contributed by atoms with Crippen molar-refractivity contribution in [2.45, 2.75) is 19.6 Å². The van der Waals surface area contributed by atoms with E-state index in [0.29, 0.717) is 0 Å². The van der Waals surface area contributed by atoms with Crippen LogP contribution >= 0.6 is 0 Å². The number of para-hydroxylation sites is 1. The average molecular weight is 303 g/mol. The average Bonchev–Trinajstić information content (AvgIpc) is 3.03. The van der Waals surface area contributed by atoms with Gasteiger partial charge >= 0.3 is 8.32 Å². The third kappa shape index (κ3) is 1.04. The molecular weight excluding hydrogens is 288 g/mol. The van der Waals surface area contributed by atoms with Gasteiger partial charge in [-0.2, -0.15) is 4.40 Å². The molecule has 2 aliphatic rings. The van der Waals surface area contributed by atoms with E-state index in [1.807, 2.05) is 0 Å². The van der Waals surface area contributed by atoms with Crippen LogP contribution in [0, 0.1) is 0 Å². The van der Waals surface area contributed by atoms with Gasteiger partial charge in [0.1, 0.15) is 12.7 Å². The van der Waals surface area contributed by atoms with Gasteiger partial charge in [0, 0.05) is 16.3 Å². The summed E-state index contributed by atoms with van der Waals surface area (Å²) >= 11 is 0. The van der Waals surface area contributed by atoms with E-state index in [0.717, 1.165) is 12.3 Å². The Morgan fingerprint density at radius 2 is 1.91 bits per heavy atom. The zero-order valence-electron chi connectivity index (χ0n) is 12.6. The van der Waals surface area contributed by atoms with Crippen LogP contribution in [0.25, 0.3) is 27.3 Å². The first kappa shape index (κ1) is 11.3. The van der Waals surface area contributed by atoms with Crippen molar-refractivity contribution in [3.8, 4) is 5.75 Å². The molecular formula is C18H15N2OSi+. The fourth-order valence-corrected chi connectivity index (χ4v) is 6.36. The normalized spacial score (nSPS) is 17.2. The van der Waals surface area contributed by atoms with E-state index in [-0.39, 0.29) is 0 Å². The zero-order valence-corrected chi connectivity index (χ0v) is 13.6. The fraction of sp³-hybridized carbons (Fsp3) is 0.167. The molecule has 4 heteroatoms. The summed E-state index contributed by atoms with van der Waals surface area (Å²) in [6, 6.07) is 13.2. The summed E-state index contributed by atoms with van der Waals surface area (Å²) in [5.74, 6) is 1.05. The topological polar surface area (TPSA) is 17.5 Å². The standard InChI is InChI=1S/C18H15N2OSi/c1-22(2)15-10-19-9-11-5-3-6-12-13-7-4-8-14(21-22)17(13)20(15)18(19)16(11)12/h3-8,10H,9H2,1-2H3/q+1. The first-order valence-corrected chi connectivity index (χ1v) is 10.7. The highest BCUT2D eigenvalue weighted by molar-refractivity contribution is 6.84. The van der Waals surface area contributed by atoms with Crippen molar-refractivity contribution in [1.29, 1.82) is 0 Å². The lowest BCUT2D eigenvalue weighted by molar-refractivity contribution is -0.656. The first-order valence-electron chi connectivity index (χ1n) is 7.76. The molecule has 3 nitrogen and oxygen atoms in total. The minimum atomic E-state index is -1.91. The van der Waals surface area contributed by atoms with E-state index < -0.39 is 8.32 Å². The zero-order chi connectivity index (χ0) is 14.6. The molecule has 4 heterocycles. The summed E-state index contributed by atoms with van der Waals surface area (Å²) in [5, 5.41) is 5.45. The minimum absolute atomic E-state index is 0.978. The SMILES string of the molecule is C[Si]1(C)Oc2cccc3c4cccc5c4c4n(c1c[n+]4C5)c23. The Morgan fingerprint density at radius 1 is 1.09 bits per heavy atom. The molecule has 0 saturated carbocycles. The van der Waals surface area contributed by atoms with Crippen molar-refractivity contribution in [3.63, 3.8) is 0 Å². The molecule has 2 aromatic carbocycles. The Balaban J connectivity index is 2.08. The predicted molar refractivity (Wildman–Crippen MR) is 89.5 cm³/mol. The van der Waals surface area contributed by atoms with Gasteiger partial charge in [-0.05, 0) is 25.2 Å². The second-order valence-electron chi connectivity index (χ2n) is 6.91. The highest BCUT2D eigenvalue weighted by atomic mass is 28.4. The number of hydrogen-bond acceptors (Lipinski definition) is 1. The lowest BCUT2D eigenvalue weighted by atomic mass is 10.0. The highest BCUT2D eigenvalue weighted by Crippen LogP contribution is 2.39. The first-order chi connectivity index (χ1) is 10.6. The molecule has 0 N–H and O–H groups in total. The number of fused-ring (bicyclic) bond motifs is 1. The van der Waals surface area contributed by atoms with Gasteiger partial charge in [0.25, 0.3) is 5.65 Å². The summed E-state index contributed by atoms with van der Waals surface area (Å²) in [6.45, 7) is 5.56. The molecule has 0 bridgehead atoms. The molecule has 0 spiro atoms. The van der Waals surface area contributed by atoms with Crippen molar-refractivity contribution < 1.29 is 8.99 Å². The number of hydrogen-bond donors (Lipinski definition) is 0. The van der Waals surface area contributed by atoms with E-state index in [9.17, 15) is 0 Å². The van der Waals surface area contributed by atoms with E-state index in [1.165, 1.54) is 38.2 Å². The quantitative estimate of drug-likeness (QED) is 0.244. The Morgan fingerprint density at radius 3 is 2.82 bits per heavy atom. The van der Waals surface area contributed by atoms with Crippen molar-refractivity contribution >= 4 is 41.0 Å². The van der Waals surface area contributed by atoms with E-state index >= 15 is 0 Å². The maximum Gasteiger partial charge on any atom is 0.324 e. The fourth-order valence-electron chi connectivity index (χ4n) is 4.32. The number of pyridine rings is 1. The van der Waals surface area contributed by atoms with E-state index in [4.69, 9.17) is 4.43 Å². The molecule has 0 radical (unpaired) electrons. The monoisotopic (exact) mass is 303 g/mol. The molecule has 0 aliphatic carbocycles. The summed E-state index contributed by atoms with van der Waals surface area (Å²) in [6.07, 6.45) is 2.33. The van der Waals surface area contributed by atoms with Crippen LogP contribution in [0.4, 0.5) is 0 Å². The van der Waals surface area contributed by atoms with Crippen LogP contribution in [0.15, 0.2) is 42.6 Å². The molecule has 2 aromatic heterocycles. The van der Waals surface area contributed by atoms with Gasteiger partial charge in [0.2, 0.25) is 0 Å². The molecule has 2 aliphatic heterocycles. The molecule has 0 fully saturated rings. The highest BCUT2D eigenvalue weighted by Gasteiger charge is 2.44. The maximum absolute atomic E-state index is 6.47. The van der Waals surface area contributed by atoms with Crippen LogP contribution in [0.3, 0.4) is 0 Å².